The fraction of sp³-hybridized carbons (Fsp3) is 0.969. The molecule has 7 rings (SSSR count). The second kappa shape index (κ2) is 6.75. The fourth-order valence-corrected chi connectivity index (χ4v) is 13.7. The standard InChI is InChI=1S/C32H50O4/c1-19-17-29(35-25(19)33)18-20(2)32(36-29)16-13-27(6)23-10-9-22-26(4,5)24(34-8)11-12-30(22)21(3)31(23,30)15-14-28(27,32)7/h19-24H,9-18H2,1-8H3/t19?,20-,21-,22?,23+,24-,27+,28?,29?,30?,31+,32+/m1/s1. The van der Waals surface area contributed by atoms with Crippen molar-refractivity contribution in [2.45, 2.75) is 130 Å². The molecular weight excluding hydrogens is 448 g/mol. The molecule has 0 bridgehead atoms. The summed E-state index contributed by atoms with van der Waals surface area (Å²) in [6.45, 7) is 17.3. The first-order valence-corrected chi connectivity index (χ1v) is 15.3. The number of hydrogen-bond donors (Lipinski definition) is 0. The highest BCUT2D eigenvalue weighted by Crippen LogP contribution is 2.92. The summed E-state index contributed by atoms with van der Waals surface area (Å²) in [7, 11) is 1.94. The van der Waals surface area contributed by atoms with E-state index in [2.05, 4.69) is 41.5 Å². The van der Waals surface area contributed by atoms with Crippen LogP contribution in [0.25, 0.3) is 0 Å². The lowest BCUT2D eigenvalue weighted by atomic mass is 9.41. The van der Waals surface area contributed by atoms with E-state index < -0.39 is 5.79 Å². The van der Waals surface area contributed by atoms with Crippen molar-refractivity contribution in [3.05, 3.63) is 0 Å². The number of fused-ring (bicyclic) bond motifs is 3. The monoisotopic (exact) mass is 498 g/mol. The Morgan fingerprint density at radius 1 is 0.833 bits per heavy atom. The predicted molar refractivity (Wildman–Crippen MR) is 139 cm³/mol. The van der Waals surface area contributed by atoms with Crippen LogP contribution in [-0.2, 0) is 19.0 Å². The van der Waals surface area contributed by atoms with Crippen LogP contribution in [0.2, 0.25) is 0 Å². The van der Waals surface area contributed by atoms with Gasteiger partial charge < -0.3 is 14.2 Å². The second-order valence-corrected chi connectivity index (χ2v) is 15.9. The lowest BCUT2D eigenvalue weighted by Crippen LogP contribution is -2.61. The van der Waals surface area contributed by atoms with Crippen LogP contribution < -0.4 is 0 Å². The third-order valence-electron chi connectivity index (χ3n) is 15.3. The second-order valence-electron chi connectivity index (χ2n) is 15.9. The van der Waals surface area contributed by atoms with Crippen molar-refractivity contribution in [1.29, 1.82) is 0 Å². The first-order chi connectivity index (χ1) is 16.8. The maximum atomic E-state index is 12.5. The van der Waals surface area contributed by atoms with Crippen molar-refractivity contribution in [2.24, 2.45) is 56.7 Å². The third-order valence-corrected chi connectivity index (χ3v) is 15.3. The van der Waals surface area contributed by atoms with Crippen LogP contribution in [0.15, 0.2) is 0 Å². The smallest absolute Gasteiger partial charge is 0.311 e. The van der Waals surface area contributed by atoms with Gasteiger partial charge in [-0.2, -0.15) is 0 Å². The van der Waals surface area contributed by atoms with E-state index in [1.54, 1.807) is 0 Å². The summed E-state index contributed by atoms with van der Waals surface area (Å²) in [5.74, 6) is 2.03. The van der Waals surface area contributed by atoms with Crippen LogP contribution in [0.4, 0.5) is 0 Å². The number of methoxy groups -OCH3 is 1. The highest BCUT2D eigenvalue weighted by atomic mass is 16.7. The summed E-state index contributed by atoms with van der Waals surface area (Å²) in [5, 5.41) is 0. The SMILES string of the molecule is CO[C@@H]1CCC23C(CC[C@@H]4[C@]2(CCC2(C)[C@@]4(C)CC[C@@]24OC2(CC(C)C(=O)O2)C[C@H]4C)[C@@H]3C)C1(C)C. The zero-order chi connectivity index (χ0) is 25.7. The molecule has 0 amide bonds. The maximum absolute atomic E-state index is 12.5. The molecule has 0 radical (unpaired) electrons. The molecule has 12 atom stereocenters. The highest BCUT2D eigenvalue weighted by molar-refractivity contribution is 5.74. The molecule has 36 heavy (non-hydrogen) atoms. The first-order valence-electron chi connectivity index (χ1n) is 15.3. The Kier molecular flexibility index (Phi) is 4.58. The van der Waals surface area contributed by atoms with Gasteiger partial charge in [0, 0.05) is 25.4 Å². The van der Waals surface area contributed by atoms with Gasteiger partial charge in [0.15, 0.2) is 0 Å². The molecule has 5 saturated carbocycles. The molecule has 4 heteroatoms. The molecule has 0 aromatic heterocycles. The Hall–Kier alpha value is -0.610. The summed E-state index contributed by atoms with van der Waals surface area (Å²) in [4.78, 5) is 12.5. The molecule has 2 heterocycles. The Bertz CT molecular complexity index is 1010. The lowest BCUT2D eigenvalue weighted by molar-refractivity contribution is -0.269. The topological polar surface area (TPSA) is 44.8 Å². The molecule has 0 aromatic rings. The number of ether oxygens (including phenoxy) is 3. The summed E-state index contributed by atoms with van der Waals surface area (Å²) < 4.78 is 19.3. The number of carbonyl (C=O) groups is 1. The molecule has 2 saturated heterocycles. The van der Waals surface area contributed by atoms with Crippen LogP contribution in [0.5, 0.6) is 0 Å². The Labute approximate surface area is 219 Å². The first kappa shape index (κ1) is 24.4. The van der Waals surface area contributed by atoms with E-state index in [1.807, 2.05) is 14.0 Å². The summed E-state index contributed by atoms with van der Waals surface area (Å²) in [6.07, 6.45) is 12.3. The number of carbonyl (C=O) groups excluding carboxylic acids is 1. The minimum absolute atomic E-state index is 0.0457. The van der Waals surface area contributed by atoms with Gasteiger partial charge in [0.05, 0.1) is 17.6 Å². The molecule has 7 aliphatic rings. The molecule has 4 spiro atoms. The van der Waals surface area contributed by atoms with Crippen LogP contribution in [0, 0.1) is 56.7 Å². The average molecular weight is 499 g/mol. The van der Waals surface area contributed by atoms with Crippen LogP contribution in [-0.4, -0.2) is 30.6 Å². The summed E-state index contributed by atoms with van der Waals surface area (Å²) in [5.41, 5.74) is 1.51. The number of esters is 1. The van der Waals surface area contributed by atoms with E-state index in [1.165, 1.54) is 44.9 Å². The molecule has 7 fully saturated rings. The minimum Gasteiger partial charge on any atom is -0.433 e. The van der Waals surface area contributed by atoms with Crippen molar-refractivity contribution in [1.82, 2.24) is 0 Å². The summed E-state index contributed by atoms with van der Waals surface area (Å²) >= 11 is 0. The van der Waals surface area contributed by atoms with Gasteiger partial charge in [0.1, 0.15) is 0 Å². The van der Waals surface area contributed by atoms with E-state index >= 15 is 0 Å². The van der Waals surface area contributed by atoms with E-state index in [-0.39, 0.29) is 33.7 Å². The van der Waals surface area contributed by atoms with E-state index in [0.29, 0.717) is 22.9 Å². The maximum Gasteiger partial charge on any atom is 0.311 e. The van der Waals surface area contributed by atoms with Crippen molar-refractivity contribution in [2.75, 3.05) is 7.11 Å². The van der Waals surface area contributed by atoms with Crippen LogP contribution in [0.1, 0.15) is 113 Å². The summed E-state index contributed by atoms with van der Waals surface area (Å²) in [6, 6.07) is 0. The molecule has 202 valence electrons. The molecule has 4 nitrogen and oxygen atoms in total. The van der Waals surface area contributed by atoms with Gasteiger partial charge in [-0.1, -0.05) is 48.5 Å². The third kappa shape index (κ3) is 2.26. The van der Waals surface area contributed by atoms with E-state index in [4.69, 9.17) is 14.2 Å². The fourth-order valence-electron chi connectivity index (χ4n) is 13.7. The molecule has 0 N–H and O–H groups in total. The minimum atomic E-state index is -0.673. The Balaban J connectivity index is 1.26. The van der Waals surface area contributed by atoms with Gasteiger partial charge in [-0.05, 0) is 96.7 Å². The van der Waals surface area contributed by atoms with E-state index in [0.717, 1.165) is 37.0 Å². The number of hydrogen-bond acceptors (Lipinski definition) is 4. The van der Waals surface area contributed by atoms with Crippen molar-refractivity contribution < 1.29 is 19.0 Å². The van der Waals surface area contributed by atoms with Crippen molar-refractivity contribution >= 4 is 5.97 Å². The largest absolute Gasteiger partial charge is 0.433 e. The molecule has 2 aliphatic heterocycles. The van der Waals surface area contributed by atoms with Crippen LogP contribution in [0.3, 0.4) is 0 Å². The molecule has 5 aliphatic carbocycles. The van der Waals surface area contributed by atoms with Gasteiger partial charge in [0.2, 0.25) is 5.79 Å². The van der Waals surface area contributed by atoms with Gasteiger partial charge >= 0.3 is 5.97 Å². The highest BCUT2D eigenvalue weighted by Gasteiger charge is 2.88. The predicted octanol–water partition coefficient (Wildman–Crippen LogP) is 7.14. The van der Waals surface area contributed by atoms with E-state index in [9.17, 15) is 4.79 Å². The normalized spacial score (nSPS) is 62.5. The van der Waals surface area contributed by atoms with Crippen molar-refractivity contribution in [3.8, 4) is 0 Å². The Morgan fingerprint density at radius 2 is 1.53 bits per heavy atom. The zero-order valence-electron chi connectivity index (χ0n) is 24.2. The quantitative estimate of drug-likeness (QED) is 0.360. The average Bonchev–Trinajstić information content (AvgIpc) is 2.99. The Morgan fingerprint density at radius 3 is 2.19 bits per heavy atom. The molecule has 0 aromatic carbocycles. The van der Waals surface area contributed by atoms with Gasteiger partial charge in [-0.25, -0.2) is 0 Å². The van der Waals surface area contributed by atoms with Gasteiger partial charge in [-0.3, -0.25) is 4.79 Å². The zero-order valence-corrected chi connectivity index (χ0v) is 24.2. The lowest BCUT2D eigenvalue weighted by Gasteiger charge is -2.64. The van der Waals surface area contributed by atoms with Gasteiger partial charge in [0.25, 0.3) is 0 Å². The molecule has 5 unspecified atom stereocenters. The molecular formula is C32H50O4. The van der Waals surface area contributed by atoms with Crippen LogP contribution >= 0.6 is 0 Å². The van der Waals surface area contributed by atoms with Crippen molar-refractivity contribution in [3.63, 3.8) is 0 Å². The van der Waals surface area contributed by atoms with Gasteiger partial charge in [-0.15, -0.1) is 0 Å². The number of rotatable bonds is 1.